The van der Waals surface area contributed by atoms with Gasteiger partial charge in [-0.25, -0.2) is 4.79 Å². The summed E-state index contributed by atoms with van der Waals surface area (Å²) in [5.74, 6) is -0.981. The van der Waals surface area contributed by atoms with Gasteiger partial charge in [-0.15, -0.1) is 0 Å². The molecule has 0 amide bonds. The molecule has 0 bridgehead atoms. The van der Waals surface area contributed by atoms with Crippen LogP contribution in [0.4, 0.5) is 0 Å². The lowest BCUT2D eigenvalue weighted by Crippen LogP contribution is -1.82. The summed E-state index contributed by atoms with van der Waals surface area (Å²) in [7, 11) is 0. The van der Waals surface area contributed by atoms with Crippen LogP contribution in [-0.4, -0.2) is 16.1 Å². The summed E-state index contributed by atoms with van der Waals surface area (Å²) in [6, 6.07) is 14.6. The van der Waals surface area contributed by atoms with Gasteiger partial charge < -0.3 is 10.1 Å². The van der Waals surface area contributed by atoms with Crippen LogP contribution in [0.25, 0.3) is 27.9 Å². The van der Waals surface area contributed by atoms with Gasteiger partial charge in [-0.05, 0) is 11.6 Å². The van der Waals surface area contributed by atoms with Gasteiger partial charge in [0.05, 0.1) is 5.52 Å². The first-order chi connectivity index (χ1) is 9.67. The number of aliphatic carboxylic acids is 1. The van der Waals surface area contributed by atoms with Gasteiger partial charge in [0.15, 0.2) is 0 Å². The van der Waals surface area contributed by atoms with Crippen LogP contribution < -0.4 is 0 Å². The smallest absolute Gasteiger partial charge is 0.327 e. The lowest BCUT2D eigenvalue weighted by Gasteiger charge is -1.94. The summed E-state index contributed by atoms with van der Waals surface area (Å²) in [6.07, 6.45) is 2.72. The zero-order chi connectivity index (χ0) is 14.5. The Hall–Kier alpha value is -2.81. The fourth-order valence-electron chi connectivity index (χ4n) is 2.07. The van der Waals surface area contributed by atoms with Crippen molar-refractivity contribution in [3.05, 3.63) is 67.3 Å². The first kappa shape index (κ1) is 13.6. The van der Waals surface area contributed by atoms with E-state index < -0.39 is 5.97 Å². The van der Waals surface area contributed by atoms with Crippen LogP contribution in [0.5, 0.6) is 0 Å². The van der Waals surface area contributed by atoms with Crippen molar-refractivity contribution < 1.29 is 9.90 Å². The SMILES string of the molecule is C=CC(=O)O.C=Cc1cccc2c1[nH]c1ccccc12. The summed E-state index contributed by atoms with van der Waals surface area (Å²) < 4.78 is 0. The van der Waals surface area contributed by atoms with Gasteiger partial charge >= 0.3 is 5.97 Å². The normalized spacial score (nSPS) is 9.80. The zero-order valence-corrected chi connectivity index (χ0v) is 11.0. The minimum atomic E-state index is -0.981. The second-order valence-electron chi connectivity index (χ2n) is 4.19. The Labute approximate surface area is 116 Å². The van der Waals surface area contributed by atoms with Crippen LogP contribution in [0.15, 0.2) is 61.7 Å². The molecular formula is C17H15NO2. The van der Waals surface area contributed by atoms with E-state index in [2.05, 4.69) is 54.5 Å². The molecule has 1 aromatic heterocycles. The Kier molecular flexibility index (Phi) is 4.01. The second kappa shape index (κ2) is 5.89. The van der Waals surface area contributed by atoms with E-state index in [1.165, 1.54) is 21.8 Å². The highest BCUT2D eigenvalue weighted by Gasteiger charge is 2.04. The number of H-pyrrole nitrogens is 1. The molecule has 3 aromatic rings. The highest BCUT2D eigenvalue weighted by Crippen LogP contribution is 2.27. The van der Waals surface area contributed by atoms with Gasteiger partial charge in [-0.1, -0.05) is 55.6 Å². The number of para-hydroxylation sites is 2. The van der Waals surface area contributed by atoms with Crippen LogP contribution in [0.2, 0.25) is 0 Å². The monoisotopic (exact) mass is 265 g/mol. The van der Waals surface area contributed by atoms with Crippen molar-refractivity contribution in [2.75, 3.05) is 0 Å². The average Bonchev–Trinajstić information content (AvgIpc) is 2.86. The first-order valence-corrected chi connectivity index (χ1v) is 6.14. The number of aromatic nitrogens is 1. The molecule has 3 nitrogen and oxygen atoms in total. The molecule has 0 aliphatic heterocycles. The second-order valence-corrected chi connectivity index (χ2v) is 4.19. The molecule has 0 radical (unpaired) electrons. The van der Waals surface area contributed by atoms with Gasteiger partial charge in [0.1, 0.15) is 0 Å². The van der Waals surface area contributed by atoms with E-state index in [-0.39, 0.29) is 0 Å². The van der Waals surface area contributed by atoms with Crippen molar-refractivity contribution in [3.63, 3.8) is 0 Å². The Bertz CT molecular complexity index is 784. The number of benzene rings is 2. The molecule has 2 aromatic carbocycles. The number of carbonyl (C=O) groups is 1. The average molecular weight is 265 g/mol. The van der Waals surface area contributed by atoms with Crippen LogP contribution >= 0.6 is 0 Å². The molecule has 0 atom stereocenters. The van der Waals surface area contributed by atoms with E-state index in [0.29, 0.717) is 0 Å². The minimum absolute atomic E-state index is 0.833. The Morgan fingerprint density at radius 1 is 1.05 bits per heavy atom. The third-order valence-corrected chi connectivity index (χ3v) is 2.97. The first-order valence-electron chi connectivity index (χ1n) is 6.14. The van der Waals surface area contributed by atoms with Crippen LogP contribution in [0, 0.1) is 0 Å². The predicted molar refractivity (Wildman–Crippen MR) is 83.7 cm³/mol. The van der Waals surface area contributed by atoms with Crippen LogP contribution in [0.3, 0.4) is 0 Å². The summed E-state index contributed by atoms with van der Waals surface area (Å²) in [5.41, 5.74) is 3.51. The van der Waals surface area contributed by atoms with Gasteiger partial charge in [0, 0.05) is 22.4 Å². The van der Waals surface area contributed by atoms with E-state index in [0.717, 1.165) is 11.6 Å². The number of nitrogens with one attached hydrogen (secondary N) is 1. The van der Waals surface area contributed by atoms with Gasteiger partial charge in [0.2, 0.25) is 0 Å². The maximum Gasteiger partial charge on any atom is 0.327 e. The lowest BCUT2D eigenvalue weighted by atomic mass is 10.1. The summed E-state index contributed by atoms with van der Waals surface area (Å²) in [6.45, 7) is 6.79. The van der Waals surface area contributed by atoms with Crippen LogP contribution in [0.1, 0.15) is 5.56 Å². The maximum atomic E-state index is 9.25. The third kappa shape index (κ3) is 2.62. The van der Waals surface area contributed by atoms with Crippen molar-refractivity contribution in [1.29, 1.82) is 0 Å². The molecule has 2 N–H and O–H groups in total. The number of carboxylic acids is 1. The molecule has 1 heterocycles. The van der Waals surface area contributed by atoms with E-state index in [1.807, 2.05) is 12.1 Å². The molecule has 20 heavy (non-hydrogen) atoms. The zero-order valence-electron chi connectivity index (χ0n) is 11.0. The fourth-order valence-corrected chi connectivity index (χ4v) is 2.07. The van der Waals surface area contributed by atoms with Gasteiger partial charge in [-0.3, -0.25) is 0 Å². The van der Waals surface area contributed by atoms with Crippen LogP contribution in [-0.2, 0) is 4.79 Å². The standard InChI is InChI=1S/C14H11N.C3H4O2/c1-2-10-6-5-8-12-11-7-3-4-9-13(11)15-14(10)12;1-2-3(4)5/h2-9,15H,1H2;2H,1H2,(H,4,5). The molecule has 0 spiro atoms. The molecule has 0 saturated heterocycles. The van der Waals surface area contributed by atoms with Crippen molar-refractivity contribution in [2.24, 2.45) is 0 Å². The molecular weight excluding hydrogens is 250 g/mol. The number of rotatable bonds is 2. The Morgan fingerprint density at radius 3 is 2.35 bits per heavy atom. The van der Waals surface area contributed by atoms with E-state index >= 15 is 0 Å². The topological polar surface area (TPSA) is 53.1 Å². The maximum absolute atomic E-state index is 9.25. The van der Waals surface area contributed by atoms with Crippen molar-refractivity contribution in [1.82, 2.24) is 4.98 Å². The Balaban J connectivity index is 0.000000257. The molecule has 0 aliphatic carbocycles. The molecule has 100 valence electrons. The summed E-state index contributed by atoms with van der Waals surface area (Å²) >= 11 is 0. The van der Waals surface area contributed by atoms with Crippen molar-refractivity contribution >= 4 is 33.9 Å². The molecule has 0 aliphatic rings. The van der Waals surface area contributed by atoms with E-state index in [1.54, 1.807) is 0 Å². The van der Waals surface area contributed by atoms with Crippen molar-refractivity contribution in [3.8, 4) is 0 Å². The van der Waals surface area contributed by atoms with E-state index in [4.69, 9.17) is 5.11 Å². The highest BCUT2D eigenvalue weighted by molar-refractivity contribution is 6.09. The number of carboxylic acid groups (broad SMARTS) is 1. The predicted octanol–water partition coefficient (Wildman–Crippen LogP) is 4.22. The summed E-state index contributed by atoms with van der Waals surface area (Å²) in [5, 5.41) is 10.1. The van der Waals surface area contributed by atoms with E-state index in [9.17, 15) is 4.79 Å². The third-order valence-electron chi connectivity index (χ3n) is 2.97. The lowest BCUT2D eigenvalue weighted by molar-refractivity contribution is -0.131. The van der Waals surface area contributed by atoms with Gasteiger partial charge in [0.25, 0.3) is 0 Å². The highest BCUT2D eigenvalue weighted by atomic mass is 16.4. The van der Waals surface area contributed by atoms with Gasteiger partial charge in [-0.2, -0.15) is 0 Å². The quantitative estimate of drug-likeness (QED) is 0.681. The Morgan fingerprint density at radius 2 is 1.70 bits per heavy atom. The number of hydrogen-bond acceptors (Lipinski definition) is 1. The molecule has 0 saturated carbocycles. The summed E-state index contributed by atoms with van der Waals surface area (Å²) in [4.78, 5) is 12.7. The molecule has 3 rings (SSSR count). The largest absolute Gasteiger partial charge is 0.478 e. The number of fused-ring (bicyclic) bond motifs is 3. The number of hydrogen-bond donors (Lipinski definition) is 2. The molecule has 0 fully saturated rings. The fraction of sp³-hybridized carbons (Fsp3) is 0. The molecule has 3 heteroatoms. The molecule has 0 unspecified atom stereocenters. The minimum Gasteiger partial charge on any atom is -0.478 e. The van der Waals surface area contributed by atoms with Crippen molar-refractivity contribution in [2.45, 2.75) is 0 Å². The number of aromatic amines is 1.